The minimum Gasteiger partial charge on any atom is -0.207 e. The smallest absolute Gasteiger partial charge is 0.207 e. The maximum Gasteiger partial charge on any atom is 0.244 e. The quantitative estimate of drug-likeness (QED) is 0.832. The lowest BCUT2D eigenvalue weighted by molar-refractivity contribution is 0.342. The zero-order valence-corrected chi connectivity index (χ0v) is 12.9. The van der Waals surface area contributed by atoms with Crippen LogP contribution in [0.5, 0.6) is 0 Å². The number of rotatable bonds is 2. The van der Waals surface area contributed by atoms with E-state index in [1.54, 1.807) is 22.5 Å². The van der Waals surface area contributed by atoms with E-state index in [1.165, 1.54) is 0 Å². The van der Waals surface area contributed by atoms with Crippen molar-refractivity contribution in [1.82, 2.24) is 4.31 Å². The average molecular weight is 332 g/mol. The Labute approximate surface area is 117 Å². The minimum absolute atomic E-state index is 0.0876. The van der Waals surface area contributed by atoms with Crippen LogP contribution in [0.25, 0.3) is 0 Å². The normalized spacial score (nSPS) is 22.7. The highest BCUT2D eigenvalue weighted by atomic mass is 79.9. The molecule has 1 fully saturated rings. The summed E-state index contributed by atoms with van der Waals surface area (Å²) in [5.74, 6) is 0. The van der Waals surface area contributed by atoms with E-state index in [4.69, 9.17) is 0 Å². The van der Waals surface area contributed by atoms with E-state index < -0.39 is 10.0 Å². The van der Waals surface area contributed by atoms with Crippen LogP contribution in [0.3, 0.4) is 0 Å². The molecular weight excluding hydrogens is 314 g/mol. The molecule has 18 heavy (non-hydrogen) atoms. The standard InChI is InChI=1S/C13H18BrNO2S/c1-11-7-3-2-6-10-15(11)18(16,17)13-9-5-4-8-12(13)14/h4-5,8-9,11H,2-3,6-7,10H2,1H3. The second kappa shape index (κ2) is 5.72. The van der Waals surface area contributed by atoms with Crippen LogP contribution < -0.4 is 0 Å². The maximum absolute atomic E-state index is 12.7. The summed E-state index contributed by atoms with van der Waals surface area (Å²) in [5, 5.41) is 0. The number of hydrogen-bond acceptors (Lipinski definition) is 2. The predicted molar refractivity (Wildman–Crippen MR) is 76.0 cm³/mol. The van der Waals surface area contributed by atoms with Crippen molar-refractivity contribution < 1.29 is 8.42 Å². The van der Waals surface area contributed by atoms with Crippen molar-refractivity contribution in [2.24, 2.45) is 0 Å². The van der Waals surface area contributed by atoms with Crippen LogP contribution in [-0.4, -0.2) is 25.3 Å². The van der Waals surface area contributed by atoms with Crippen molar-refractivity contribution in [3.05, 3.63) is 28.7 Å². The fourth-order valence-corrected chi connectivity index (χ4v) is 5.05. The molecule has 1 heterocycles. The summed E-state index contributed by atoms with van der Waals surface area (Å²) in [4.78, 5) is 0.374. The number of halogens is 1. The third kappa shape index (κ3) is 2.78. The van der Waals surface area contributed by atoms with Gasteiger partial charge in [0, 0.05) is 17.1 Å². The largest absolute Gasteiger partial charge is 0.244 e. The molecule has 1 aromatic carbocycles. The van der Waals surface area contributed by atoms with Crippen LogP contribution in [0.2, 0.25) is 0 Å². The Morgan fingerprint density at radius 3 is 2.67 bits per heavy atom. The second-order valence-corrected chi connectivity index (χ2v) is 7.46. The molecule has 0 spiro atoms. The Balaban J connectivity index is 2.38. The fourth-order valence-electron chi connectivity index (χ4n) is 2.39. The van der Waals surface area contributed by atoms with Gasteiger partial charge in [-0.1, -0.05) is 25.0 Å². The highest BCUT2D eigenvalue weighted by Crippen LogP contribution is 2.28. The van der Waals surface area contributed by atoms with Gasteiger partial charge in [0.05, 0.1) is 4.90 Å². The Morgan fingerprint density at radius 1 is 1.22 bits per heavy atom. The highest BCUT2D eigenvalue weighted by molar-refractivity contribution is 9.10. The van der Waals surface area contributed by atoms with E-state index in [-0.39, 0.29) is 6.04 Å². The molecule has 3 nitrogen and oxygen atoms in total. The number of nitrogens with zero attached hydrogens (tertiary/aromatic N) is 1. The molecule has 1 saturated heterocycles. The van der Waals surface area contributed by atoms with Gasteiger partial charge in [-0.05, 0) is 47.8 Å². The van der Waals surface area contributed by atoms with Gasteiger partial charge in [-0.3, -0.25) is 0 Å². The van der Waals surface area contributed by atoms with E-state index in [0.29, 0.717) is 15.9 Å². The predicted octanol–water partition coefficient (Wildman–Crippen LogP) is 3.40. The van der Waals surface area contributed by atoms with Crippen LogP contribution in [-0.2, 0) is 10.0 Å². The van der Waals surface area contributed by atoms with Crippen molar-refractivity contribution in [3.8, 4) is 0 Å². The first-order valence-corrected chi connectivity index (χ1v) is 8.53. The molecule has 0 aromatic heterocycles. The molecule has 0 saturated carbocycles. The Morgan fingerprint density at radius 2 is 1.94 bits per heavy atom. The molecule has 0 bridgehead atoms. The van der Waals surface area contributed by atoms with Gasteiger partial charge in [0.15, 0.2) is 0 Å². The van der Waals surface area contributed by atoms with E-state index in [9.17, 15) is 8.42 Å². The first kappa shape index (κ1) is 14.0. The monoisotopic (exact) mass is 331 g/mol. The summed E-state index contributed by atoms with van der Waals surface area (Å²) < 4.78 is 27.6. The summed E-state index contributed by atoms with van der Waals surface area (Å²) >= 11 is 3.33. The lowest BCUT2D eigenvalue weighted by Gasteiger charge is -2.26. The zero-order valence-electron chi connectivity index (χ0n) is 10.5. The molecular formula is C13H18BrNO2S. The highest BCUT2D eigenvalue weighted by Gasteiger charge is 2.30. The fraction of sp³-hybridized carbons (Fsp3) is 0.538. The van der Waals surface area contributed by atoms with Gasteiger partial charge >= 0.3 is 0 Å². The SMILES string of the molecule is CC1CCCCCN1S(=O)(=O)c1ccccc1Br. The summed E-state index contributed by atoms with van der Waals surface area (Å²) in [6.07, 6.45) is 4.13. The Bertz CT molecular complexity index is 515. The van der Waals surface area contributed by atoms with Gasteiger partial charge in [-0.15, -0.1) is 0 Å². The molecule has 1 atom stereocenters. The van der Waals surface area contributed by atoms with E-state index in [1.807, 2.05) is 13.0 Å². The van der Waals surface area contributed by atoms with Crippen LogP contribution in [0.4, 0.5) is 0 Å². The van der Waals surface area contributed by atoms with Crippen molar-refractivity contribution in [2.75, 3.05) is 6.54 Å². The molecule has 2 rings (SSSR count). The van der Waals surface area contributed by atoms with Gasteiger partial charge in [-0.25, -0.2) is 8.42 Å². The zero-order chi connectivity index (χ0) is 13.2. The third-order valence-corrected chi connectivity index (χ3v) is 6.44. The molecule has 1 aliphatic heterocycles. The van der Waals surface area contributed by atoms with E-state index in [0.717, 1.165) is 25.7 Å². The van der Waals surface area contributed by atoms with Crippen LogP contribution in [0.1, 0.15) is 32.6 Å². The number of hydrogen-bond donors (Lipinski definition) is 0. The van der Waals surface area contributed by atoms with Gasteiger partial charge in [0.2, 0.25) is 10.0 Å². The molecule has 1 aliphatic rings. The lowest BCUT2D eigenvalue weighted by atomic mass is 10.1. The van der Waals surface area contributed by atoms with Crippen LogP contribution in [0.15, 0.2) is 33.6 Å². The Hall–Kier alpha value is -0.390. The first-order valence-electron chi connectivity index (χ1n) is 6.30. The summed E-state index contributed by atoms with van der Waals surface area (Å²) in [6, 6.07) is 7.12. The van der Waals surface area contributed by atoms with Crippen molar-refractivity contribution in [1.29, 1.82) is 0 Å². The van der Waals surface area contributed by atoms with E-state index >= 15 is 0 Å². The van der Waals surface area contributed by atoms with Crippen molar-refractivity contribution in [2.45, 2.75) is 43.5 Å². The number of sulfonamides is 1. The van der Waals surface area contributed by atoms with Crippen LogP contribution >= 0.6 is 15.9 Å². The molecule has 1 aromatic rings. The molecule has 0 radical (unpaired) electrons. The van der Waals surface area contributed by atoms with Crippen molar-refractivity contribution >= 4 is 26.0 Å². The molecule has 100 valence electrons. The molecule has 0 aliphatic carbocycles. The topological polar surface area (TPSA) is 37.4 Å². The lowest BCUT2D eigenvalue weighted by Crippen LogP contribution is -2.38. The van der Waals surface area contributed by atoms with Gasteiger partial charge in [0.25, 0.3) is 0 Å². The average Bonchev–Trinajstić information content (AvgIpc) is 2.54. The summed E-state index contributed by atoms with van der Waals surface area (Å²) in [6.45, 7) is 2.63. The Kier molecular flexibility index (Phi) is 4.45. The van der Waals surface area contributed by atoms with Gasteiger partial charge < -0.3 is 0 Å². The summed E-state index contributed by atoms with van der Waals surface area (Å²) in [5.41, 5.74) is 0. The van der Waals surface area contributed by atoms with Gasteiger partial charge in [-0.2, -0.15) is 4.31 Å². The molecule has 0 N–H and O–H groups in total. The molecule has 0 amide bonds. The molecule has 1 unspecified atom stereocenters. The number of benzene rings is 1. The maximum atomic E-state index is 12.7. The third-order valence-electron chi connectivity index (χ3n) is 3.42. The van der Waals surface area contributed by atoms with Crippen LogP contribution in [0, 0.1) is 0 Å². The first-order chi connectivity index (χ1) is 8.53. The molecule has 5 heteroatoms. The summed E-state index contributed by atoms with van der Waals surface area (Å²) in [7, 11) is -3.38. The van der Waals surface area contributed by atoms with E-state index in [2.05, 4.69) is 15.9 Å². The minimum atomic E-state index is -3.38. The second-order valence-electron chi connectivity index (χ2n) is 4.74. The van der Waals surface area contributed by atoms with Crippen molar-refractivity contribution in [3.63, 3.8) is 0 Å². The van der Waals surface area contributed by atoms with Gasteiger partial charge in [0.1, 0.15) is 0 Å².